The van der Waals surface area contributed by atoms with Gasteiger partial charge in [0.05, 0.1) is 23.7 Å². The van der Waals surface area contributed by atoms with Gasteiger partial charge in [-0.2, -0.15) is 0 Å². The summed E-state index contributed by atoms with van der Waals surface area (Å²) in [5, 5.41) is 21.3. The average molecular weight is 468 g/mol. The number of aliphatic hydroxyl groups is 1. The van der Waals surface area contributed by atoms with Crippen molar-refractivity contribution in [3.63, 3.8) is 0 Å². The third-order valence-electron chi connectivity index (χ3n) is 5.48. The van der Waals surface area contributed by atoms with Gasteiger partial charge in [0.15, 0.2) is 0 Å². The number of aromatic hydroxyl groups is 1. The standard InChI is InChI=1S/C25H19ClFNO5/c1-13-10-15(6-8-19(13)27)23(30)21-22(14-4-3-5-17(29)11-14)28(25(32)24(21)31)16-7-9-20(33-2)18(26)12-16/h3-12,22,29-30H,1-2H3/b23-21+. The van der Waals surface area contributed by atoms with Crippen molar-refractivity contribution in [1.29, 1.82) is 0 Å². The molecule has 0 radical (unpaired) electrons. The molecule has 1 fully saturated rings. The van der Waals surface area contributed by atoms with Crippen molar-refractivity contribution >= 4 is 34.7 Å². The van der Waals surface area contributed by atoms with Crippen LogP contribution in [0, 0.1) is 12.7 Å². The largest absolute Gasteiger partial charge is 0.508 e. The van der Waals surface area contributed by atoms with E-state index in [2.05, 4.69) is 0 Å². The Balaban J connectivity index is 1.96. The quantitative estimate of drug-likeness (QED) is 0.315. The fourth-order valence-electron chi connectivity index (χ4n) is 3.86. The van der Waals surface area contributed by atoms with Gasteiger partial charge in [0.1, 0.15) is 23.1 Å². The molecule has 1 saturated heterocycles. The zero-order valence-electron chi connectivity index (χ0n) is 17.7. The number of nitrogens with zero attached hydrogens (tertiary/aromatic N) is 1. The van der Waals surface area contributed by atoms with Gasteiger partial charge < -0.3 is 14.9 Å². The van der Waals surface area contributed by atoms with Crippen molar-refractivity contribution in [3.05, 3.63) is 93.8 Å². The van der Waals surface area contributed by atoms with E-state index in [0.29, 0.717) is 17.0 Å². The number of amides is 1. The summed E-state index contributed by atoms with van der Waals surface area (Å²) in [4.78, 5) is 27.5. The van der Waals surface area contributed by atoms with Gasteiger partial charge in [-0.25, -0.2) is 4.39 Å². The summed E-state index contributed by atoms with van der Waals surface area (Å²) >= 11 is 6.25. The average Bonchev–Trinajstić information content (AvgIpc) is 3.05. The number of Topliss-reactive ketones (excluding diaryl/α,β-unsaturated/α-hetero) is 1. The normalized spacial score (nSPS) is 17.5. The third kappa shape index (κ3) is 3.91. The van der Waals surface area contributed by atoms with E-state index in [1.54, 1.807) is 24.3 Å². The molecular weight excluding hydrogens is 449 g/mol. The number of anilines is 1. The van der Waals surface area contributed by atoms with Gasteiger partial charge in [-0.05, 0) is 66.6 Å². The predicted octanol–water partition coefficient (Wildman–Crippen LogP) is 5.13. The van der Waals surface area contributed by atoms with Crippen molar-refractivity contribution < 1.29 is 28.9 Å². The molecule has 1 atom stereocenters. The Morgan fingerprint density at radius 1 is 1.09 bits per heavy atom. The molecular formula is C25H19ClFNO5. The second kappa shape index (κ2) is 8.60. The Kier molecular flexibility index (Phi) is 5.82. The van der Waals surface area contributed by atoms with Gasteiger partial charge in [-0.1, -0.05) is 23.7 Å². The summed E-state index contributed by atoms with van der Waals surface area (Å²) < 4.78 is 18.9. The number of ether oxygens (including phenoxy) is 1. The summed E-state index contributed by atoms with van der Waals surface area (Å²) in [7, 11) is 1.45. The van der Waals surface area contributed by atoms with Gasteiger partial charge in [0.2, 0.25) is 0 Å². The van der Waals surface area contributed by atoms with Crippen molar-refractivity contribution in [2.45, 2.75) is 13.0 Å². The van der Waals surface area contributed by atoms with E-state index >= 15 is 0 Å². The SMILES string of the molecule is COc1ccc(N2C(=O)C(=O)/C(=C(/O)c3ccc(F)c(C)c3)C2c2cccc(O)c2)cc1Cl. The lowest BCUT2D eigenvalue weighted by Gasteiger charge is -2.26. The van der Waals surface area contributed by atoms with Crippen LogP contribution in [-0.2, 0) is 9.59 Å². The Labute approximate surface area is 194 Å². The van der Waals surface area contributed by atoms with Crippen LogP contribution in [0.3, 0.4) is 0 Å². The molecule has 1 aliphatic heterocycles. The monoisotopic (exact) mass is 467 g/mol. The summed E-state index contributed by atoms with van der Waals surface area (Å²) in [5.74, 6) is -2.42. The molecule has 1 heterocycles. The number of phenols is 1. The van der Waals surface area contributed by atoms with Crippen LogP contribution in [0.25, 0.3) is 5.76 Å². The highest BCUT2D eigenvalue weighted by Gasteiger charge is 2.47. The highest BCUT2D eigenvalue weighted by atomic mass is 35.5. The molecule has 0 spiro atoms. The summed E-state index contributed by atoms with van der Waals surface area (Å²) in [6.07, 6.45) is 0. The van der Waals surface area contributed by atoms with Gasteiger partial charge in [0, 0.05) is 11.3 Å². The first-order valence-electron chi connectivity index (χ1n) is 9.93. The number of rotatable bonds is 4. The van der Waals surface area contributed by atoms with E-state index < -0.39 is 29.3 Å². The lowest BCUT2D eigenvalue weighted by atomic mass is 9.94. The second-order valence-electron chi connectivity index (χ2n) is 7.55. The molecule has 0 aliphatic carbocycles. The zero-order valence-corrected chi connectivity index (χ0v) is 18.4. The van der Waals surface area contributed by atoms with Crippen LogP contribution in [0.5, 0.6) is 11.5 Å². The molecule has 8 heteroatoms. The van der Waals surface area contributed by atoms with E-state index in [9.17, 15) is 24.2 Å². The van der Waals surface area contributed by atoms with Crippen molar-refractivity contribution in [2.75, 3.05) is 12.0 Å². The number of aryl methyl sites for hydroxylation is 1. The van der Waals surface area contributed by atoms with Crippen LogP contribution in [0.15, 0.2) is 66.2 Å². The van der Waals surface area contributed by atoms with Crippen LogP contribution in [0.2, 0.25) is 5.02 Å². The number of ketones is 1. The maximum absolute atomic E-state index is 13.8. The lowest BCUT2D eigenvalue weighted by Crippen LogP contribution is -2.29. The highest BCUT2D eigenvalue weighted by Crippen LogP contribution is 2.44. The maximum atomic E-state index is 13.8. The number of hydrogen-bond donors (Lipinski definition) is 2. The number of phenolic OH excluding ortho intramolecular Hbond substituents is 1. The summed E-state index contributed by atoms with van der Waals surface area (Å²) in [5.41, 5.74) is 0.949. The molecule has 2 N–H and O–H groups in total. The fourth-order valence-corrected chi connectivity index (χ4v) is 4.11. The molecule has 0 bridgehead atoms. The Bertz CT molecular complexity index is 1320. The number of methoxy groups -OCH3 is 1. The molecule has 6 nitrogen and oxygen atoms in total. The van der Waals surface area contributed by atoms with Gasteiger partial charge >= 0.3 is 0 Å². The second-order valence-corrected chi connectivity index (χ2v) is 7.95. The first-order valence-corrected chi connectivity index (χ1v) is 10.3. The molecule has 3 aromatic rings. The molecule has 1 unspecified atom stereocenters. The van der Waals surface area contributed by atoms with Gasteiger partial charge in [-0.15, -0.1) is 0 Å². The van der Waals surface area contributed by atoms with Crippen LogP contribution in [0.1, 0.15) is 22.7 Å². The fraction of sp³-hybridized carbons (Fsp3) is 0.120. The van der Waals surface area contributed by atoms with Gasteiger partial charge in [-0.3, -0.25) is 14.5 Å². The minimum Gasteiger partial charge on any atom is -0.508 e. The number of carbonyl (C=O) groups excluding carboxylic acids is 2. The highest BCUT2D eigenvalue weighted by molar-refractivity contribution is 6.51. The molecule has 4 rings (SSSR count). The lowest BCUT2D eigenvalue weighted by molar-refractivity contribution is -0.132. The number of halogens is 2. The van der Waals surface area contributed by atoms with Crippen LogP contribution >= 0.6 is 11.6 Å². The molecule has 1 aliphatic rings. The van der Waals surface area contributed by atoms with Crippen molar-refractivity contribution in [3.8, 4) is 11.5 Å². The summed E-state index contributed by atoms with van der Waals surface area (Å²) in [6.45, 7) is 1.52. The van der Waals surface area contributed by atoms with E-state index in [1.165, 1.54) is 55.3 Å². The van der Waals surface area contributed by atoms with Gasteiger partial charge in [0.25, 0.3) is 11.7 Å². The Hall–Kier alpha value is -3.84. The molecule has 1 amide bonds. The van der Waals surface area contributed by atoms with Crippen molar-refractivity contribution in [2.24, 2.45) is 0 Å². The molecule has 3 aromatic carbocycles. The van der Waals surface area contributed by atoms with E-state index in [4.69, 9.17) is 16.3 Å². The van der Waals surface area contributed by atoms with Crippen molar-refractivity contribution in [1.82, 2.24) is 0 Å². The van der Waals surface area contributed by atoms with E-state index in [1.807, 2.05) is 0 Å². The minimum atomic E-state index is -1.06. The first kappa shape index (κ1) is 22.4. The molecule has 168 valence electrons. The topological polar surface area (TPSA) is 87.1 Å². The van der Waals surface area contributed by atoms with E-state index in [-0.39, 0.29) is 27.5 Å². The Morgan fingerprint density at radius 3 is 2.48 bits per heavy atom. The smallest absolute Gasteiger partial charge is 0.300 e. The molecule has 33 heavy (non-hydrogen) atoms. The number of hydrogen-bond acceptors (Lipinski definition) is 5. The van der Waals surface area contributed by atoms with Crippen LogP contribution < -0.4 is 9.64 Å². The Morgan fingerprint density at radius 2 is 1.85 bits per heavy atom. The van der Waals surface area contributed by atoms with Crippen LogP contribution in [0.4, 0.5) is 10.1 Å². The number of aliphatic hydroxyl groups excluding tert-OH is 1. The number of benzene rings is 3. The predicted molar refractivity (Wildman–Crippen MR) is 122 cm³/mol. The third-order valence-corrected chi connectivity index (χ3v) is 5.77. The molecule has 0 aromatic heterocycles. The summed E-state index contributed by atoms with van der Waals surface area (Å²) in [6, 6.07) is 13.5. The maximum Gasteiger partial charge on any atom is 0.300 e. The number of carbonyl (C=O) groups is 2. The molecule has 0 saturated carbocycles. The first-order chi connectivity index (χ1) is 15.7. The zero-order chi connectivity index (χ0) is 23.9. The van der Waals surface area contributed by atoms with Crippen LogP contribution in [-0.4, -0.2) is 29.0 Å². The minimum absolute atomic E-state index is 0.0801. The van der Waals surface area contributed by atoms with E-state index in [0.717, 1.165) is 0 Å².